The van der Waals surface area contributed by atoms with Crippen molar-refractivity contribution in [3.05, 3.63) is 180 Å². The first-order chi connectivity index (χ1) is 22.7. The van der Waals surface area contributed by atoms with E-state index >= 15 is 0 Å². The number of aromatic nitrogens is 3. The molecule has 5 nitrogen and oxygen atoms in total. The standard InChI is InChI=1S/C41H31N5/c42-38(31-18-7-2-8-19-31)43-37(30-16-5-1-6-17-30)28-27-35-34-24-14-13-15-29(34)25-26-36(35)41-45-39(32-20-9-3-10-21-32)44-40(46-41)33-22-11-4-12-23-33/h1-26,28H,27H2,(H2,42,43)/b37-28-. The van der Waals surface area contributed by atoms with E-state index in [1.54, 1.807) is 0 Å². The van der Waals surface area contributed by atoms with E-state index in [4.69, 9.17) is 25.7 Å². The zero-order chi connectivity index (χ0) is 31.1. The smallest absolute Gasteiger partial charge is 0.164 e. The summed E-state index contributed by atoms with van der Waals surface area (Å²) < 4.78 is 0. The van der Waals surface area contributed by atoms with Gasteiger partial charge in [-0.3, -0.25) is 0 Å². The Labute approximate surface area is 268 Å². The Kier molecular flexibility index (Phi) is 8.20. The van der Waals surface area contributed by atoms with Gasteiger partial charge in [-0.05, 0) is 28.3 Å². The van der Waals surface area contributed by atoms with E-state index in [-0.39, 0.29) is 0 Å². The largest absolute Gasteiger partial charge is 0.383 e. The van der Waals surface area contributed by atoms with E-state index in [1.807, 2.05) is 109 Å². The second-order valence-electron chi connectivity index (χ2n) is 10.9. The summed E-state index contributed by atoms with van der Waals surface area (Å²) in [5.41, 5.74) is 13.1. The van der Waals surface area contributed by atoms with Gasteiger partial charge in [-0.2, -0.15) is 0 Å². The highest BCUT2D eigenvalue weighted by atomic mass is 15.0. The van der Waals surface area contributed by atoms with E-state index in [9.17, 15) is 0 Å². The lowest BCUT2D eigenvalue weighted by atomic mass is 9.95. The van der Waals surface area contributed by atoms with Gasteiger partial charge in [-0.25, -0.2) is 19.9 Å². The number of amidine groups is 1. The van der Waals surface area contributed by atoms with Crippen LogP contribution in [0.1, 0.15) is 16.7 Å². The van der Waals surface area contributed by atoms with Gasteiger partial charge < -0.3 is 5.73 Å². The number of fused-ring (bicyclic) bond motifs is 1. The maximum Gasteiger partial charge on any atom is 0.164 e. The number of allylic oxidation sites excluding steroid dienone is 1. The predicted octanol–water partition coefficient (Wildman–Crippen LogP) is 9.01. The third-order valence-electron chi connectivity index (χ3n) is 7.86. The molecule has 2 N–H and O–H groups in total. The van der Waals surface area contributed by atoms with Gasteiger partial charge in [0.15, 0.2) is 17.5 Å². The minimum atomic E-state index is 0.464. The first-order valence-electron chi connectivity index (χ1n) is 15.3. The highest BCUT2D eigenvalue weighted by molar-refractivity contribution is 6.00. The van der Waals surface area contributed by atoms with Crippen molar-refractivity contribution in [2.45, 2.75) is 6.42 Å². The molecular formula is C41H31N5. The van der Waals surface area contributed by atoms with Crippen LogP contribution in [0.25, 0.3) is 50.6 Å². The second-order valence-corrected chi connectivity index (χ2v) is 10.9. The Bertz CT molecular complexity index is 2100. The molecule has 0 bridgehead atoms. The third-order valence-corrected chi connectivity index (χ3v) is 7.86. The number of aliphatic imine (C=N–C) groups is 1. The lowest BCUT2D eigenvalue weighted by Gasteiger charge is -2.14. The summed E-state index contributed by atoms with van der Waals surface area (Å²) in [7, 11) is 0. The van der Waals surface area contributed by atoms with Gasteiger partial charge in [0.1, 0.15) is 5.84 Å². The molecule has 0 saturated carbocycles. The summed E-state index contributed by atoms with van der Waals surface area (Å²) in [4.78, 5) is 19.9. The number of rotatable bonds is 8. The molecule has 220 valence electrons. The molecule has 7 rings (SSSR count). The molecule has 1 heterocycles. The van der Waals surface area contributed by atoms with Crippen LogP contribution in [0, 0.1) is 0 Å². The molecule has 0 aliphatic rings. The molecule has 0 aliphatic carbocycles. The number of benzene rings is 6. The molecule has 0 radical (unpaired) electrons. The minimum Gasteiger partial charge on any atom is -0.383 e. The topological polar surface area (TPSA) is 77.0 Å². The average molecular weight is 594 g/mol. The highest BCUT2D eigenvalue weighted by Gasteiger charge is 2.17. The summed E-state index contributed by atoms with van der Waals surface area (Å²) in [6, 6.07) is 52.8. The fourth-order valence-electron chi connectivity index (χ4n) is 5.53. The normalized spacial score (nSPS) is 11.9. The van der Waals surface area contributed by atoms with Gasteiger partial charge in [0.05, 0.1) is 5.70 Å². The van der Waals surface area contributed by atoms with Crippen LogP contribution in [-0.4, -0.2) is 20.8 Å². The van der Waals surface area contributed by atoms with Crippen LogP contribution in [0.2, 0.25) is 0 Å². The van der Waals surface area contributed by atoms with Crippen LogP contribution in [-0.2, 0) is 6.42 Å². The average Bonchev–Trinajstić information content (AvgIpc) is 3.14. The van der Waals surface area contributed by atoms with Crippen LogP contribution in [0.4, 0.5) is 0 Å². The molecule has 0 atom stereocenters. The molecule has 5 heteroatoms. The number of hydrogen-bond acceptors (Lipinski definition) is 4. The number of hydrogen-bond donors (Lipinski definition) is 1. The first-order valence-corrected chi connectivity index (χ1v) is 15.3. The summed E-state index contributed by atoms with van der Waals surface area (Å²) >= 11 is 0. The summed E-state index contributed by atoms with van der Waals surface area (Å²) in [5.74, 6) is 2.34. The first kappa shape index (κ1) is 28.6. The third kappa shape index (κ3) is 6.21. The molecule has 0 amide bonds. The molecule has 0 saturated heterocycles. The lowest BCUT2D eigenvalue weighted by molar-refractivity contribution is 1.07. The molecule has 0 spiro atoms. The van der Waals surface area contributed by atoms with Crippen LogP contribution in [0.3, 0.4) is 0 Å². The summed E-state index contributed by atoms with van der Waals surface area (Å²) in [6.07, 6.45) is 2.73. The van der Waals surface area contributed by atoms with Gasteiger partial charge in [-0.1, -0.05) is 164 Å². The molecular weight excluding hydrogens is 562 g/mol. The lowest BCUT2D eigenvalue weighted by Crippen LogP contribution is -2.13. The van der Waals surface area contributed by atoms with Crippen molar-refractivity contribution >= 4 is 22.3 Å². The minimum absolute atomic E-state index is 0.464. The molecule has 0 unspecified atom stereocenters. The van der Waals surface area contributed by atoms with Gasteiger partial charge in [0.25, 0.3) is 0 Å². The van der Waals surface area contributed by atoms with Crippen molar-refractivity contribution in [3.8, 4) is 34.2 Å². The summed E-state index contributed by atoms with van der Waals surface area (Å²) in [6.45, 7) is 0. The predicted molar refractivity (Wildman–Crippen MR) is 189 cm³/mol. The maximum absolute atomic E-state index is 6.54. The van der Waals surface area contributed by atoms with Crippen molar-refractivity contribution < 1.29 is 0 Å². The van der Waals surface area contributed by atoms with Crippen LogP contribution in [0.15, 0.2) is 169 Å². The Morgan fingerprint density at radius 2 is 1.02 bits per heavy atom. The van der Waals surface area contributed by atoms with E-state index in [0.29, 0.717) is 29.7 Å². The number of nitrogens with two attached hydrogens (primary N) is 1. The van der Waals surface area contributed by atoms with Gasteiger partial charge in [0, 0.05) is 22.3 Å². The van der Waals surface area contributed by atoms with Crippen molar-refractivity contribution in [1.29, 1.82) is 0 Å². The Morgan fingerprint density at radius 3 is 1.63 bits per heavy atom. The molecule has 0 fully saturated rings. The molecule has 6 aromatic carbocycles. The van der Waals surface area contributed by atoms with E-state index < -0.39 is 0 Å². The van der Waals surface area contributed by atoms with Crippen molar-refractivity contribution in [3.63, 3.8) is 0 Å². The zero-order valence-corrected chi connectivity index (χ0v) is 25.2. The van der Waals surface area contributed by atoms with Gasteiger partial charge >= 0.3 is 0 Å². The van der Waals surface area contributed by atoms with Crippen molar-refractivity contribution in [2.75, 3.05) is 0 Å². The zero-order valence-electron chi connectivity index (χ0n) is 25.2. The van der Waals surface area contributed by atoms with Gasteiger partial charge in [-0.15, -0.1) is 0 Å². The second kappa shape index (κ2) is 13.2. The fraction of sp³-hybridized carbons (Fsp3) is 0.0244. The van der Waals surface area contributed by atoms with E-state index in [2.05, 4.69) is 54.6 Å². The van der Waals surface area contributed by atoms with Crippen LogP contribution in [0.5, 0.6) is 0 Å². The maximum atomic E-state index is 6.54. The molecule has 46 heavy (non-hydrogen) atoms. The van der Waals surface area contributed by atoms with Gasteiger partial charge in [0.2, 0.25) is 0 Å². The summed E-state index contributed by atoms with van der Waals surface area (Å²) in [5, 5.41) is 2.27. The molecule has 7 aromatic rings. The van der Waals surface area contributed by atoms with E-state index in [1.165, 1.54) is 0 Å². The molecule has 1 aromatic heterocycles. The Hall–Kier alpha value is -6.20. The van der Waals surface area contributed by atoms with Crippen LogP contribution >= 0.6 is 0 Å². The SMILES string of the molecule is N/C(=N\C(=C/Cc1c(-c2nc(-c3ccccc3)nc(-c3ccccc3)n2)ccc2ccccc12)c1ccccc1)c1ccccc1. The Morgan fingerprint density at radius 1 is 0.522 bits per heavy atom. The Balaban J connectivity index is 1.41. The molecule has 0 aliphatic heterocycles. The van der Waals surface area contributed by atoms with Crippen molar-refractivity contribution in [2.24, 2.45) is 10.7 Å². The quantitative estimate of drug-likeness (QED) is 0.141. The van der Waals surface area contributed by atoms with Crippen molar-refractivity contribution in [1.82, 2.24) is 15.0 Å². The van der Waals surface area contributed by atoms with E-state index in [0.717, 1.165) is 49.9 Å². The van der Waals surface area contributed by atoms with Crippen LogP contribution < -0.4 is 5.73 Å². The monoisotopic (exact) mass is 593 g/mol. The number of nitrogens with zero attached hydrogens (tertiary/aromatic N) is 4. The highest BCUT2D eigenvalue weighted by Crippen LogP contribution is 2.32. The fourth-order valence-corrected chi connectivity index (χ4v) is 5.53.